The third-order valence-electron chi connectivity index (χ3n) is 2.45. The van der Waals surface area contributed by atoms with Gasteiger partial charge in [0.1, 0.15) is 0 Å². The van der Waals surface area contributed by atoms with Crippen molar-refractivity contribution in [1.29, 1.82) is 0 Å². The van der Waals surface area contributed by atoms with Gasteiger partial charge in [0.05, 0.1) is 0 Å². The standard InChI is InChI=1S/C7H7O2.C4H9.Sn.H/c8-5-6-3-1-2-4-7(6)9;1-3-4-2;;/h1-4,9H,5H2;1,3-4H2,2H3;;/q-1;;+2;/p-1. The molecule has 1 aromatic rings. The molecule has 0 bridgehead atoms. The Labute approximate surface area is 93.1 Å². The van der Waals surface area contributed by atoms with Gasteiger partial charge >= 0.3 is 93.1 Å². The summed E-state index contributed by atoms with van der Waals surface area (Å²) in [6, 6.07) is 8.21. The zero-order valence-corrected chi connectivity index (χ0v) is 11.8. The van der Waals surface area contributed by atoms with E-state index >= 15 is 0 Å². The number of unbranched alkanes of at least 4 members (excludes halogenated alkanes) is 1. The number of hydrogen-bond acceptors (Lipinski definition) is 2. The van der Waals surface area contributed by atoms with Crippen molar-refractivity contribution < 1.29 is 6.15 Å². The number of hydrogen-bond donors (Lipinski definition) is 0. The zero-order valence-electron chi connectivity index (χ0n) is 8.53. The maximum atomic E-state index is 5.92. The fourth-order valence-corrected chi connectivity index (χ4v) is 7.24. The van der Waals surface area contributed by atoms with Crippen molar-refractivity contribution in [2.24, 2.45) is 0 Å². The molecule has 2 nitrogen and oxygen atoms in total. The fourth-order valence-electron chi connectivity index (χ4n) is 1.61. The van der Waals surface area contributed by atoms with E-state index in [9.17, 15) is 0 Å². The van der Waals surface area contributed by atoms with Crippen molar-refractivity contribution in [3.8, 4) is 5.75 Å². The summed E-state index contributed by atoms with van der Waals surface area (Å²) in [4.78, 5) is 0. The predicted molar refractivity (Wildman–Crippen MR) is 58.7 cm³/mol. The van der Waals surface area contributed by atoms with Gasteiger partial charge in [0.2, 0.25) is 0 Å². The van der Waals surface area contributed by atoms with E-state index in [1.165, 1.54) is 22.8 Å². The van der Waals surface area contributed by atoms with Gasteiger partial charge < -0.3 is 0 Å². The quantitative estimate of drug-likeness (QED) is 0.799. The Morgan fingerprint density at radius 2 is 2.21 bits per heavy atom. The first kappa shape index (κ1) is 10.3. The normalized spacial score (nSPS) is 19.9. The summed E-state index contributed by atoms with van der Waals surface area (Å²) in [6.45, 7) is 2.99. The van der Waals surface area contributed by atoms with Crippen LogP contribution in [0, 0.1) is 0 Å². The number of rotatable bonds is 3. The van der Waals surface area contributed by atoms with Gasteiger partial charge in [-0.15, -0.1) is 0 Å². The van der Waals surface area contributed by atoms with E-state index in [4.69, 9.17) is 6.15 Å². The van der Waals surface area contributed by atoms with Crippen molar-refractivity contribution in [1.82, 2.24) is 0 Å². The molecule has 3 heteroatoms. The van der Waals surface area contributed by atoms with Crippen LogP contribution in [0.25, 0.3) is 0 Å². The number of fused-ring (bicyclic) bond motifs is 1. The second-order valence-corrected chi connectivity index (χ2v) is 9.33. The second-order valence-electron chi connectivity index (χ2n) is 3.61. The van der Waals surface area contributed by atoms with Gasteiger partial charge in [-0.05, 0) is 0 Å². The molecule has 0 aliphatic carbocycles. The van der Waals surface area contributed by atoms with Crippen molar-refractivity contribution in [3.63, 3.8) is 0 Å². The molecule has 14 heavy (non-hydrogen) atoms. The second kappa shape index (κ2) is 5.03. The molecule has 1 aliphatic heterocycles. The first-order chi connectivity index (χ1) is 6.90. The van der Waals surface area contributed by atoms with E-state index in [-0.39, 0.29) is 0 Å². The molecule has 1 aliphatic rings. The molecule has 1 atom stereocenters. The van der Waals surface area contributed by atoms with Gasteiger partial charge in [0.15, 0.2) is 0 Å². The van der Waals surface area contributed by atoms with Gasteiger partial charge in [-0.25, -0.2) is 0 Å². The molecule has 0 spiro atoms. The SMILES string of the molecule is CCC[CH2][SnH]1[O]Cc2ccccc2[O]1. The third kappa shape index (κ3) is 2.42. The summed E-state index contributed by atoms with van der Waals surface area (Å²) in [7, 11) is 0. The topological polar surface area (TPSA) is 18.5 Å². The van der Waals surface area contributed by atoms with Crippen molar-refractivity contribution in [3.05, 3.63) is 29.8 Å². The Morgan fingerprint density at radius 1 is 1.36 bits per heavy atom. The van der Waals surface area contributed by atoms with E-state index in [0.717, 1.165) is 12.4 Å². The molecule has 0 amide bonds. The minimum absolute atomic E-state index is 0.778. The summed E-state index contributed by atoms with van der Waals surface area (Å²) in [5, 5.41) is 0. The molecule has 0 saturated carbocycles. The van der Waals surface area contributed by atoms with E-state index in [2.05, 4.69) is 19.1 Å². The van der Waals surface area contributed by atoms with Crippen LogP contribution in [0.2, 0.25) is 4.44 Å². The number of benzene rings is 1. The Bertz CT molecular complexity index is 301. The van der Waals surface area contributed by atoms with Crippen LogP contribution in [0.1, 0.15) is 25.3 Å². The van der Waals surface area contributed by atoms with E-state index in [0.29, 0.717) is 0 Å². The molecule has 0 aromatic heterocycles. The van der Waals surface area contributed by atoms with E-state index in [1.54, 1.807) is 0 Å². The minimum atomic E-state index is -2.07. The summed E-state index contributed by atoms with van der Waals surface area (Å²) in [6.07, 6.45) is 2.49. The first-order valence-corrected chi connectivity index (χ1v) is 10.3. The summed E-state index contributed by atoms with van der Waals surface area (Å²) >= 11 is -2.07. The monoisotopic (exact) mass is 300 g/mol. The summed E-state index contributed by atoms with van der Waals surface area (Å²) in [5.41, 5.74) is 1.21. The van der Waals surface area contributed by atoms with Crippen molar-refractivity contribution >= 4 is 20.6 Å². The van der Waals surface area contributed by atoms with Crippen LogP contribution in [-0.2, 0) is 9.68 Å². The Kier molecular flexibility index (Phi) is 3.70. The van der Waals surface area contributed by atoms with Crippen LogP contribution >= 0.6 is 0 Å². The van der Waals surface area contributed by atoms with Crippen LogP contribution in [0.3, 0.4) is 0 Å². The van der Waals surface area contributed by atoms with E-state index in [1.807, 2.05) is 12.1 Å². The average Bonchev–Trinajstić information content (AvgIpc) is 2.26. The molecule has 0 radical (unpaired) electrons. The van der Waals surface area contributed by atoms with E-state index < -0.39 is 20.6 Å². The van der Waals surface area contributed by atoms with Gasteiger partial charge in [0, 0.05) is 0 Å². The van der Waals surface area contributed by atoms with Crippen LogP contribution in [0.4, 0.5) is 0 Å². The summed E-state index contributed by atoms with van der Waals surface area (Å²) in [5.74, 6) is 1.08. The van der Waals surface area contributed by atoms with Crippen LogP contribution in [0.15, 0.2) is 24.3 Å². The van der Waals surface area contributed by atoms with Gasteiger partial charge in [-0.3, -0.25) is 0 Å². The summed E-state index contributed by atoms with van der Waals surface area (Å²) < 4.78 is 12.9. The predicted octanol–water partition coefficient (Wildman–Crippen LogP) is 2.62. The molecular weight excluding hydrogens is 283 g/mol. The van der Waals surface area contributed by atoms with Gasteiger partial charge in [-0.2, -0.15) is 0 Å². The number of para-hydroxylation sites is 1. The third-order valence-corrected chi connectivity index (χ3v) is 7.97. The molecule has 2 rings (SSSR count). The first-order valence-electron chi connectivity index (χ1n) is 5.26. The molecular formula is C11H16O2Sn. The Morgan fingerprint density at radius 3 is 3.07 bits per heavy atom. The van der Waals surface area contributed by atoms with Crippen LogP contribution < -0.4 is 3.07 Å². The molecule has 0 N–H and O–H groups in total. The van der Waals surface area contributed by atoms with Crippen LogP contribution in [-0.4, -0.2) is 20.6 Å². The maximum absolute atomic E-state index is 5.92. The van der Waals surface area contributed by atoms with Crippen molar-refractivity contribution in [2.75, 3.05) is 0 Å². The fraction of sp³-hybridized carbons (Fsp3) is 0.455. The Hall–Kier alpha value is -0.221. The molecule has 76 valence electrons. The molecule has 1 unspecified atom stereocenters. The average molecular weight is 299 g/mol. The van der Waals surface area contributed by atoms with Crippen molar-refractivity contribution in [2.45, 2.75) is 30.8 Å². The molecule has 1 heterocycles. The zero-order chi connectivity index (χ0) is 9.80. The Balaban J connectivity index is 1.99. The van der Waals surface area contributed by atoms with Gasteiger partial charge in [0.25, 0.3) is 0 Å². The molecule has 0 fully saturated rings. The molecule has 0 saturated heterocycles. The van der Waals surface area contributed by atoms with Gasteiger partial charge in [-0.1, -0.05) is 0 Å². The van der Waals surface area contributed by atoms with Crippen LogP contribution in [0.5, 0.6) is 5.75 Å². The molecule has 1 aromatic carbocycles.